The van der Waals surface area contributed by atoms with Crippen LogP contribution in [0, 0.1) is 5.41 Å². The Balaban J connectivity index is 1.87. The van der Waals surface area contributed by atoms with Crippen LogP contribution in [0.2, 0.25) is 0 Å². The van der Waals surface area contributed by atoms with Gasteiger partial charge in [-0.15, -0.1) is 0 Å². The summed E-state index contributed by atoms with van der Waals surface area (Å²) in [6.07, 6.45) is 4.74. The van der Waals surface area contributed by atoms with Crippen LogP contribution in [0.15, 0.2) is 42.7 Å². The molecule has 0 aliphatic heterocycles. The maximum Gasteiger partial charge on any atom is 0.321 e. The number of hydrogen-bond donors (Lipinski definition) is 3. The molecule has 0 saturated carbocycles. The molecule has 1 heterocycles. The maximum absolute atomic E-state index is 12.1. The molecule has 0 fully saturated rings. The second-order valence-electron chi connectivity index (χ2n) is 6.46. The van der Waals surface area contributed by atoms with Gasteiger partial charge in [0, 0.05) is 37.3 Å². The molecule has 134 valence electrons. The largest absolute Gasteiger partial charge is 0.424 e. The van der Waals surface area contributed by atoms with E-state index in [1.54, 1.807) is 42.7 Å². The molecule has 0 aliphatic carbocycles. The highest BCUT2D eigenvalue weighted by Crippen LogP contribution is 2.22. The van der Waals surface area contributed by atoms with Crippen LogP contribution in [-0.2, 0) is 0 Å². The molecule has 0 aliphatic rings. The van der Waals surface area contributed by atoms with Gasteiger partial charge >= 0.3 is 12.0 Å². The molecular formula is C18H24N4O3. The highest BCUT2D eigenvalue weighted by atomic mass is 16.5. The summed E-state index contributed by atoms with van der Waals surface area (Å²) in [5, 5.41) is 14.5. The van der Waals surface area contributed by atoms with Crippen molar-refractivity contribution in [2.24, 2.45) is 5.41 Å². The Kier molecular flexibility index (Phi) is 6.71. The first-order valence-corrected chi connectivity index (χ1v) is 8.19. The summed E-state index contributed by atoms with van der Waals surface area (Å²) < 4.78 is 5.54. The molecule has 7 heteroatoms. The molecule has 0 atom stereocenters. The second kappa shape index (κ2) is 8.98. The lowest BCUT2D eigenvalue weighted by molar-refractivity contribution is 0.227. The Morgan fingerprint density at radius 1 is 1.24 bits per heavy atom. The number of nitrogens with zero attached hydrogens (tertiary/aromatic N) is 2. The quantitative estimate of drug-likeness (QED) is 0.683. The van der Waals surface area contributed by atoms with Gasteiger partial charge in [-0.2, -0.15) is 0 Å². The number of carbonyl (C=O) groups is 1. The van der Waals surface area contributed by atoms with E-state index in [0.717, 1.165) is 12.8 Å². The lowest BCUT2D eigenvalue weighted by Gasteiger charge is -2.24. The summed E-state index contributed by atoms with van der Waals surface area (Å²) in [6.45, 7) is 4.79. The minimum atomic E-state index is -0.287. The van der Waals surface area contributed by atoms with Crippen LogP contribution in [0.4, 0.5) is 10.5 Å². The summed E-state index contributed by atoms with van der Waals surface area (Å²) >= 11 is 0. The Hall–Kier alpha value is -2.67. The molecule has 0 saturated heterocycles. The van der Waals surface area contributed by atoms with Gasteiger partial charge in [-0.05, 0) is 36.5 Å². The minimum Gasteiger partial charge on any atom is -0.424 e. The van der Waals surface area contributed by atoms with Crippen molar-refractivity contribution < 1.29 is 14.6 Å². The third kappa shape index (κ3) is 6.76. The molecule has 3 N–H and O–H groups in total. The number of nitrogens with one attached hydrogen (secondary N) is 2. The summed E-state index contributed by atoms with van der Waals surface area (Å²) in [5.41, 5.74) is 0.537. The van der Waals surface area contributed by atoms with Crippen molar-refractivity contribution in [3.05, 3.63) is 42.7 Å². The molecule has 2 aromatic rings. The van der Waals surface area contributed by atoms with Crippen molar-refractivity contribution >= 4 is 11.7 Å². The number of rotatable bonds is 8. The van der Waals surface area contributed by atoms with Crippen molar-refractivity contribution in [3.8, 4) is 11.8 Å². The third-order valence-corrected chi connectivity index (χ3v) is 3.58. The van der Waals surface area contributed by atoms with Crippen LogP contribution >= 0.6 is 0 Å². The van der Waals surface area contributed by atoms with E-state index in [1.165, 1.54) is 0 Å². The number of anilines is 1. The molecule has 2 rings (SSSR count). The number of aliphatic hydroxyl groups excluding tert-OH is 1. The summed E-state index contributed by atoms with van der Waals surface area (Å²) in [4.78, 5) is 20.1. The topological polar surface area (TPSA) is 96.4 Å². The number of aliphatic hydroxyl groups is 1. The number of amides is 2. The Labute approximate surface area is 147 Å². The van der Waals surface area contributed by atoms with E-state index in [-0.39, 0.29) is 24.1 Å². The zero-order valence-electron chi connectivity index (χ0n) is 14.5. The van der Waals surface area contributed by atoms with E-state index < -0.39 is 0 Å². The highest BCUT2D eigenvalue weighted by molar-refractivity contribution is 5.89. The van der Waals surface area contributed by atoms with Gasteiger partial charge in [0.05, 0.1) is 0 Å². The fourth-order valence-corrected chi connectivity index (χ4v) is 2.22. The lowest BCUT2D eigenvalue weighted by atomic mass is 9.88. The third-order valence-electron chi connectivity index (χ3n) is 3.58. The average Bonchev–Trinajstić information content (AvgIpc) is 2.60. The van der Waals surface area contributed by atoms with Gasteiger partial charge < -0.3 is 20.5 Å². The zero-order chi connectivity index (χ0) is 18.1. The summed E-state index contributed by atoms with van der Waals surface area (Å²) in [7, 11) is 0. The molecule has 0 bridgehead atoms. The molecule has 0 spiro atoms. The Morgan fingerprint density at radius 2 is 2.00 bits per heavy atom. The number of ether oxygens (including phenoxy) is 1. The zero-order valence-corrected chi connectivity index (χ0v) is 14.5. The first-order chi connectivity index (χ1) is 12.0. The van der Waals surface area contributed by atoms with Gasteiger partial charge in [-0.1, -0.05) is 19.9 Å². The van der Waals surface area contributed by atoms with Gasteiger partial charge in [0.2, 0.25) is 0 Å². The van der Waals surface area contributed by atoms with Crippen LogP contribution in [0.5, 0.6) is 11.8 Å². The summed E-state index contributed by atoms with van der Waals surface area (Å²) in [6, 6.07) is 8.68. The number of benzene rings is 1. The van der Waals surface area contributed by atoms with E-state index in [4.69, 9.17) is 9.84 Å². The first kappa shape index (κ1) is 18.7. The van der Waals surface area contributed by atoms with Crippen LogP contribution in [0.25, 0.3) is 0 Å². The maximum atomic E-state index is 12.1. The number of urea groups is 1. The van der Waals surface area contributed by atoms with Crippen LogP contribution in [0.3, 0.4) is 0 Å². The van der Waals surface area contributed by atoms with Crippen molar-refractivity contribution in [1.82, 2.24) is 15.3 Å². The molecule has 25 heavy (non-hydrogen) atoms. The van der Waals surface area contributed by atoms with Crippen LogP contribution < -0.4 is 15.4 Å². The van der Waals surface area contributed by atoms with E-state index >= 15 is 0 Å². The molecule has 1 aromatic heterocycles. The van der Waals surface area contributed by atoms with Crippen molar-refractivity contribution in [3.63, 3.8) is 0 Å². The monoisotopic (exact) mass is 344 g/mol. The predicted molar refractivity (Wildman–Crippen MR) is 95.7 cm³/mol. The predicted octanol–water partition coefficient (Wildman–Crippen LogP) is 3.19. The SMILES string of the molecule is CC(C)(CCCO)CNC(=O)Nc1cccc(Oc2ncccn2)c1. The molecule has 2 amide bonds. The smallest absolute Gasteiger partial charge is 0.321 e. The summed E-state index contributed by atoms with van der Waals surface area (Å²) in [5.74, 6) is 0.535. The van der Waals surface area contributed by atoms with E-state index in [0.29, 0.717) is 18.0 Å². The molecule has 0 radical (unpaired) electrons. The fraction of sp³-hybridized carbons (Fsp3) is 0.389. The minimum absolute atomic E-state index is 0.0737. The molecule has 7 nitrogen and oxygen atoms in total. The molecular weight excluding hydrogens is 320 g/mol. The van der Waals surface area contributed by atoms with Crippen molar-refractivity contribution in [2.75, 3.05) is 18.5 Å². The Morgan fingerprint density at radius 3 is 2.72 bits per heavy atom. The van der Waals surface area contributed by atoms with Crippen LogP contribution in [0.1, 0.15) is 26.7 Å². The van der Waals surface area contributed by atoms with Crippen molar-refractivity contribution in [2.45, 2.75) is 26.7 Å². The average molecular weight is 344 g/mol. The van der Waals surface area contributed by atoms with Crippen molar-refractivity contribution in [1.29, 1.82) is 0 Å². The first-order valence-electron chi connectivity index (χ1n) is 8.19. The Bertz CT molecular complexity index is 677. The number of hydrogen-bond acceptors (Lipinski definition) is 5. The van der Waals surface area contributed by atoms with Gasteiger partial charge in [-0.25, -0.2) is 14.8 Å². The highest BCUT2D eigenvalue weighted by Gasteiger charge is 2.18. The second-order valence-corrected chi connectivity index (χ2v) is 6.46. The number of aromatic nitrogens is 2. The van der Waals surface area contributed by atoms with E-state index in [2.05, 4.69) is 34.4 Å². The lowest BCUT2D eigenvalue weighted by Crippen LogP contribution is -2.36. The standard InChI is InChI=1S/C18H24N4O3/c1-18(2,8-4-11-23)13-21-16(24)22-14-6-3-7-15(12-14)25-17-19-9-5-10-20-17/h3,5-7,9-10,12,23H,4,8,11,13H2,1-2H3,(H2,21,22,24). The van der Waals surface area contributed by atoms with Gasteiger partial charge in [0.15, 0.2) is 0 Å². The van der Waals surface area contributed by atoms with E-state index in [9.17, 15) is 4.79 Å². The van der Waals surface area contributed by atoms with Gasteiger partial charge in [-0.3, -0.25) is 0 Å². The number of carbonyl (C=O) groups excluding carboxylic acids is 1. The van der Waals surface area contributed by atoms with Crippen LogP contribution in [-0.4, -0.2) is 34.3 Å². The molecule has 0 unspecified atom stereocenters. The molecule has 1 aromatic carbocycles. The van der Waals surface area contributed by atoms with E-state index in [1.807, 2.05) is 0 Å². The normalized spacial score (nSPS) is 11.0. The fourth-order valence-electron chi connectivity index (χ4n) is 2.22. The van der Waals surface area contributed by atoms with Gasteiger partial charge in [0.1, 0.15) is 5.75 Å². The van der Waals surface area contributed by atoms with Gasteiger partial charge in [0.25, 0.3) is 0 Å².